The van der Waals surface area contributed by atoms with E-state index < -0.39 is 10.0 Å². The van der Waals surface area contributed by atoms with Gasteiger partial charge in [0, 0.05) is 50.7 Å². The first-order valence-corrected chi connectivity index (χ1v) is 10.2. The summed E-state index contributed by atoms with van der Waals surface area (Å²) >= 11 is 0. The van der Waals surface area contributed by atoms with Crippen molar-refractivity contribution in [1.29, 1.82) is 0 Å². The molecule has 2 heterocycles. The molecule has 0 N–H and O–H groups in total. The molecule has 0 saturated carbocycles. The zero-order chi connectivity index (χ0) is 18.9. The molecule has 0 saturated heterocycles. The summed E-state index contributed by atoms with van der Waals surface area (Å²) in [6.45, 7) is 1.93. The van der Waals surface area contributed by atoms with E-state index >= 15 is 0 Å². The van der Waals surface area contributed by atoms with Crippen molar-refractivity contribution in [2.24, 2.45) is 0 Å². The minimum Gasteiger partial charge on any atom is -0.315 e. The Morgan fingerprint density at radius 2 is 1.92 bits per heavy atom. The standard InChI is InChI=1S/C19H23N3O3S/c1-4-26(24,25)21(2)13-14-9-17(12-20-11-14)15-5-7-18-16(10-15)6-8-19(23)22(18)3/h5,7,9-12H,4,6,8,13H2,1-3H3. The number of fused-ring (bicyclic) bond motifs is 1. The van der Waals surface area contributed by atoms with E-state index in [1.165, 1.54) is 4.31 Å². The highest BCUT2D eigenvalue weighted by Gasteiger charge is 2.21. The summed E-state index contributed by atoms with van der Waals surface area (Å²) in [7, 11) is 0.149. The number of aromatic nitrogens is 1. The average molecular weight is 373 g/mol. The Morgan fingerprint density at radius 1 is 1.15 bits per heavy atom. The Bertz CT molecular complexity index is 941. The second kappa shape index (κ2) is 7.17. The average Bonchev–Trinajstić information content (AvgIpc) is 2.64. The predicted molar refractivity (Wildman–Crippen MR) is 102 cm³/mol. The lowest BCUT2D eigenvalue weighted by molar-refractivity contribution is -0.118. The van der Waals surface area contributed by atoms with Crippen molar-refractivity contribution in [2.45, 2.75) is 26.3 Å². The second-order valence-electron chi connectivity index (χ2n) is 6.53. The Hall–Kier alpha value is -2.25. The summed E-state index contributed by atoms with van der Waals surface area (Å²) in [5, 5.41) is 0. The summed E-state index contributed by atoms with van der Waals surface area (Å²) in [4.78, 5) is 17.8. The van der Waals surface area contributed by atoms with Crippen LogP contribution in [0.5, 0.6) is 0 Å². The van der Waals surface area contributed by atoms with E-state index in [0.29, 0.717) is 13.0 Å². The zero-order valence-corrected chi connectivity index (χ0v) is 16.1. The number of rotatable bonds is 5. The van der Waals surface area contributed by atoms with Crippen LogP contribution in [0.15, 0.2) is 36.7 Å². The summed E-state index contributed by atoms with van der Waals surface area (Å²) in [6.07, 6.45) is 4.72. The highest BCUT2D eigenvalue weighted by atomic mass is 32.2. The van der Waals surface area contributed by atoms with Gasteiger partial charge in [0.1, 0.15) is 0 Å². The quantitative estimate of drug-likeness (QED) is 0.807. The molecule has 1 aliphatic rings. The van der Waals surface area contributed by atoms with E-state index in [9.17, 15) is 13.2 Å². The van der Waals surface area contributed by atoms with Crippen molar-refractivity contribution in [3.63, 3.8) is 0 Å². The van der Waals surface area contributed by atoms with E-state index in [4.69, 9.17) is 0 Å². The Labute approximate surface area is 154 Å². The number of carbonyl (C=O) groups excluding carboxylic acids is 1. The van der Waals surface area contributed by atoms with Crippen LogP contribution in [0, 0.1) is 0 Å². The van der Waals surface area contributed by atoms with Gasteiger partial charge < -0.3 is 4.90 Å². The van der Waals surface area contributed by atoms with Gasteiger partial charge in [0.2, 0.25) is 15.9 Å². The van der Waals surface area contributed by atoms with Crippen LogP contribution in [0.4, 0.5) is 5.69 Å². The molecule has 7 heteroatoms. The number of carbonyl (C=O) groups is 1. The highest BCUT2D eigenvalue weighted by Crippen LogP contribution is 2.31. The molecule has 0 atom stereocenters. The SMILES string of the molecule is CCS(=O)(=O)N(C)Cc1cncc(-c2ccc3c(c2)CCC(=O)N3C)c1. The zero-order valence-electron chi connectivity index (χ0n) is 15.3. The first kappa shape index (κ1) is 18.5. The molecule has 26 heavy (non-hydrogen) atoms. The Morgan fingerprint density at radius 3 is 2.65 bits per heavy atom. The van der Waals surface area contributed by atoms with Crippen molar-refractivity contribution in [3.8, 4) is 11.1 Å². The van der Waals surface area contributed by atoms with Crippen LogP contribution in [-0.4, -0.2) is 43.5 Å². The lowest BCUT2D eigenvalue weighted by Gasteiger charge is -2.26. The number of hydrogen-bond donors (Lipinski definition) is 0. The maximum Gasteiger partial charge on any atom is 0.227 e. The van der Waals surface area contributed by atoms with Crippen LogP contribution in [0.2, 0.25) is 0 Å². The fourth-order valence-corrected chi connectivity index (χ4v) is 3.93. The van der Waals surface area contributed by atoms with Gasteiger partial charge >= 0.3 is 0 Å². The molecule has 1 aromatic carbocycles. The smallest absolute Gasteiger partial charge is 0.227 e. The molecule has 0 bridgehead atoms. The van der Waals surface area contributed by atoms with Gasteiger partial charge in [-0.05, 0) is 48.2 Å². The third-order valence-corrected chi connectivity index (χ3v) is 6.60. The number of aryl methyl sites for hydroxylation is 1. The minimum absolute atomic E-state index is 0.0771. The number of sulfonamides is 1. The van der Waals surface area contributed by atoms with Crippen molar-refractivity contribution >= 4 is 21.6 Å². The van der Waals surface area contributed by atoms with Crippen LogP contribution in [0.3, 0.4) is 0 Å². The molecule has 0 spiro atoms. The molecule has 6 nitrogen and oxygen atoms in total. The normalized spacial score (nSPS) is 14.6. The van der Waals surface area contributed by atoms with Gasteiger partial charge in [-0.15, -0.1) is 0 Å². The second-order valence-corrected chi connectivity index (χ2v) is 8.90. The summed E-state index contributed by atoms with van der Waals surface area (Å²) in [5.74, 6) is 0.210. The molecule has 0 fully saturated rings. The van der Waals surface area contributed by atoms with E-state index in [1.54, 1.807) is 38.3 Å². The van der Waals surface area contributed by atoms with Gasteiger partial charge in [-0.3, -0.25) is 9.78 Å². The summed E-state index contributed by atoms with van der Waals surface area (Å²) in [6, 6.07) is 7.99. The molecular formula is C19H23N3O3S. The lowest BCUT2D eigenvalue weighted by atomic mass is 9.96. The largest absolute Gasteiger partial charge is 0.315 e. The van der Waals surface area contributed by atoms with E-state index in [0.717, 1.165) is 34.4 Å². The maximum absolute atomic E-state index is 11.9. The Balaban J connectivity index is 1.88. The van der Waals surface area contributed by atoms with Crippen LogP contribution in [0.25, 0.3) is 11.1 Å². The van der Waals surface area contributed by atoms with Gasteiger partial charge in [0.15, 0.2) is 0 Å². The Kier molecular flexibility index (Phi) is 5.11. The van der Waals surface area contributed by atoms with E-state index in [1.807, 2.05) is 18.2 Å². The fraction of sp³-hybridized carbons (Fsp3) is 0.368. The third-order valence-electron chi connectivity index (χ3n) is 4.80. The summed E-state index contributed by atoms with van der Waals surface area (Å²) in [5.41, 5.74) is 4.88. The van der Waals surface area contributed by atoms with E-state index in [2.05, 4.69) is 11.1 Å². The lowest BCUT2D eigenvalue weighted by Crippen LogP contribution is -2.30. The molecule has 0 radical (unpaired) electrons. The first-order chi connectivity index (χ1) is 12.3. The predicted octanol–water partition coefficient (Wildman–Crippen LogP) is 2.44. The van der Waals surface area contributed by atoms with Gasteiger partial charge in [0.05, 0.1) is 5.75 Å². The molecule has 1 aromatic heterocycles. The van der Waals surface area contributed by atoms with Crippen molar-refractivity contribution in [3.05, 3.63) is 47.8 Å². The topological polar surface area (TPSA) is 70.6 Å². The highest BCUT2D eigenvalue weighted by molar-refractivity contribution is 7.89. The fourth-order valence-electron chi connectivity index (χ4n) is 3.14. The van der Waals surface area contributed by atoms with E-state index in [-0.39, 0.29) is 11.7 Å². The summed E-state index contributed by atoms with van der Waals surface area (Å²) < 4.78 is 25.2. The van der Waals surface area contributed by atoms with Gasteiger partial charge in [-0.2, -0.15) is 0 Å². The molecule has 0 aliphatic carbocycles. The number of hydrogen-bond acceptors (Lipinski definition) is 4. The molecule has 3 rings (SSSR count). The van der Waals surface area contributed by atoms with Crippen LogP contribution in [0.1, 0.15) is 24.5 Å². The molecule has 2 aromatic rings. The van der Waals surface area contributed by atoms with Crippen molar-refractivity contribution in [2.75, 3.05) is 24.7 Å². The molecule has 1 amide bonds. The van der Waals surface area contributed by atoms with Gasteiger partial charge in [-0.25, -0.2) is 12.7 Å². The minimum atomic E-state index is -3.23. The molecule has 1 aliphatic heterocycles. The molecule has 0 unspecified atom stereocenters. The number of pyridine rings is 1. The number of benzene rings is 1. The monoisotopic (exact) mass is 373 g/mol. The van der Waals surface area contributed by atoms with Gasteiger partial charge in [0.25, 0.3) is 0 Å². The van der Waals surface area contributed by atoms with Crippen LogP contribution < -0.4 is 4.90 Å². The van der Waals surface area contributed by atoms with Crippen molar-refractivity contribution in [1.82, 2.24) is 9.29 Å². The van der Waals surface area contributed by atoms with Crippen LogP contribution >= 0.6 is 0 Å². The number of amides is 1. The number of anilines is 1. The van der Waals surface area contributed by atoms with Gasteiger partial charge in [-0.1, -0.05) is 6.07 Å². The molecular weight excluding hydrogens is 350 g/mol. The number of nitrogens with zero attached hydrogens (tertiary/aromatic N) is 3. The van der Waals surface area contributed by atoms with Crippen LogP contribution in [-0.2, 0) is 27.8 Å². The maximum atomic E-state index is 11.9. The third kappa shape index (κ3) is 3.64. The van der Waals surface area contributed by atoms with Crippen molar-refractivity contribution < 1.29 is 13.2 Å². The molecule has 138 valence electrons. The first-order valence-electron chi connectivity index (χ1n) is 8.59.